The number of nitro groups is 1. The molecule has 132 valence electrons. The van der Waals surface area contributed by atoms with Crippen molar-refractivity contribution in [1.29, 1.82) is 0 Å². The van der Waals surface area contributed by atoms with Crippen LogP contribution >= 0.6 is 0 Å². The molecule has 0 aromatic heterocycles. The van der Waals surface area contributed by atoms with Crippen molar-refractivity contribution < 1.29 is 14.8 Å². The number of benzene rings is 2. The Balaban J connectivity index is 1.87. The van der Waals surface area contributed by atoms with E-state index in [4.69, 9.17) is 5.11 Å². The van der Waals surface area contributed by atoms with Gasteiger partial charge < -0.3 is 15.3 Å². The van der Waals surface area contributed by atoms with E-state index in [-0.39, 0.29) is 16.9 Å². The van der Waals surface area contributed by atoms with Crippen LogP contribution in [-0.2, 0) is 6.54 Å². The van der Waals surface area contributed by atoms with Crippen molar-refractivity contribution in [3.63, 3.8) is 0 Å². The van der Waals surface area contributed by atoms with Gasteiger partial charge in [-0.1, -0.05) is 30.3 Å². The van der Waals surface area contributed by atoms with Crippen molar-refractivity contribution in [2.24, 2.45) is 0 Å². The third kappa shape index (κ3) is 5.58. The fourth-order valence-corrected chi connectivity index (χ4v) is 2.52. The fourth-order valence-electron chi connectivity index (χ4n) is 2.52. The average Bonchev–Trinajstić information content (AvgIpc) is 2.59. The van der Waals surface area contributed by atoms with E-state index in [2.05, 4.69) is 22.3 Å². The number of nitrogens with one attached hydrogen (secondary N) is 1. The van der Waals surface area contributed by atoms with Gasteiger partial charge in [0.15, 0.2) is 0 Å². The second kappa shape index (κ2) is 8.79. The molecule has 0 radical (unpaired) electrons. The summed E-state index contributed by atoms with van der Waals surface area (Å²) in [6.07, 6.45) is 0.776. The molecule has 0 fully saturated rings. The van der Waals surface area contributed by atoms with Crippen LogP contribution in [0.3, 0.4) is 0 Å². The zero-order chi connectivity index (χ0) is 18.2. The van der Waals surface area contributed by atoms with Crippen LogP contribution in [0.15, 0.2) is 48.5 Å². The lowest BCUT2D eigenvalue weighted by Crippen LogP contribution is -2.21. The van der Waals surface area contributed by atoms with Crippen LogP contribution in [-0.4, -0.2) is 41.0 Å². The molecule has 25 heavy (non-hydrogen) atoms. The minimum absolute atomic E-state index is 0.0225. The van der Waals surface area contributed by atoms with E-state index in [1.54, 1.807) is 0 Å². The van der Waals surface area contributed by atoms with Crippen molar-refractivity contribution in [2.45, 2.75) is 13.0 Å². The van der Waals surface area contributed by atoms with Crippen LogP contribution in [0.2, 0.25) is 0 Å². The number of anilines is 1. The predicted octanol–water partition coefficient (Wildman–Crippen LogP) is 3.23. The molecule has 0 heterocycles. The molecule has 0 aliphatic heterocycles. The Morgan fingerprint density at radius 1 is 1.24 bits per heavy atom. The molecule has 0 unspecified atom stereocenters. The first-order valence-electron chi connectivity index (χ1n) is 7.95. The van der Waals surface area contributed by atoms with E-state index in [1.165, 1.54) is 23.8 Å². The van der Waals surface area contributed by atoms with Crippen molar-refractivity contribution in [3.05, 3.63) is 69.8 Å². The van der Waals surface area contributed by atoms with Gasteiger partial charge in [-0.25, -0.2) is 4.79 Å². The fraction of sp³-hybridized carbons (Fsp3) is 0.278. The molecule has 7 nitrogen and oxygen atoms in total. The highest BCUT2D eigenvalue weighted by Crippen LogP contribution is 2.25. The maximum absolute atomic E-state index is 11.1. The molecule has 0 aliphatic carbocycles. The van der Waals surface area contributed by atoms with Crippen molar-refractivity contribution >= 4 is 17.3 Å². The molecule has 0 saturated carbocycles. The topological polar surface area (TPSA) is 95.7 Å². The minimum Gasteiger partial charge on any atom is -0.478 e. The smallest absolute Gasteiger partial charge is 0.335 e. The van der Waals surface area contributed by atoms with Crippen LogP contribution in [0.4, 0.5) is 11.4 Å². The Morgan fingerprint density at radius 3 is 2.60 bits per heavy atom. The van der Waals surface area contributed by atoms with Gasteiger partial charge in [0.05, 0.1) is 10.5 Å². The Hall–Kier alpha value is -2.93. The van der Waals surface area contributed by atoms with Crippen LogP contribution in [0.25, 0.3) is 0 Å². The van der Waals surface area contributed by atoms with Crippen LogP contribution in [0, 0.1) is 10.1 Å². The molecule has 2 rings (SSSR count). The van der Waals surface area contributed by atoms with Crippen LogP contribution in [0.5, 0.6) is 0 Å². The summed E-state index contributed by atoms with van der Waals surface area (Å²) >= 11 is 0. The molecular weight excluding hydrogens is 322 g/mol. The van der Waals surface area contributed by atoms with Gasteiger partial charge in [0, 0.05) is 19.2 Å². The van der Waals surface area contributed by atoms with E-state index in [9.17, 15) is 14.9 Å². The summed E-state index contributed by atoms with van der Waals surface area (Å²) in [7, 11) is 2.01. The van der Waals surface area contributed by atoms with Crippen molar-refractivity contribution in [3.8, 4) is 0 Å². The number of aromatic carboxylic acids is 1. The summed E-state index contributed by atoms with van der Waals surface area (Å²) in [6.45, 7) is 2.16. The summed E-state index contributed by atoms with van der Waals surface area (Å²) in [4.78, 5) is 23.7. The number of hydrogen-bond acceptors (Lipinski definition) is 5. The van der Waals surface area contributed by atoms with Gasteiger partial charge in [-0.15, -0.1) is 0 Å². The first-order chi connectivity index (χ1) is 12.0. The lowest BCUT2D eigenvalue weighted by atomic mass is 10.1. The van der Waals surface area contributed by atoms with Crippen molar-refractivity contribution in [2.75, 3.05) is 25.5 Å². The molecule has 0 aliphatic rings. The zero-order valence-electron chi connectivity index (χ0n) is 14.0. The highest BCUT2D eigenvalue weighted by atomic mass is 16.6. The van der Waals surface area contributed by atoms with Crippen LogP contribution in [0.1, 0.15) is 22.3 Å². The molecule has 7 heteroatoms. The lowest BCUT2D eigenvalue weighted by molar-refractivity contribution is -0.384. The SMILES string of the molecule is CN(CCCNc1cc(C(=O)O)ccc1[N+](=O)[O-])Cc1ccccc1. The number of nitro benzene ring substituents is 1. The average molecular weight is 343 g/mol. The number of hydrogen-bond donors (Lipinski definition) is 2. The van der Waals surface area contributed by atoms with Gasteiger partial charge in [-0.2, -0.15) is 0 Å². The first-order valence-corrected chi connectivity index (χ1v) is 7.95. The van der Waals surface area contributed by atoms with Gasteiger partial charge in [0.2, 0.25) is 0 Å². The highest BCUT2D eigenvalue weighted by molar-refractivity contribution is 5.90. The van der Waals surface area contributed by atoms with E-state index in [1.807, 2.05) is 25.2 Å². The third-order valence-electron chi connectivity index (χ3n) is 3.77. The van der Waals surface area contributed by atoms with Gasteiger partial charge in [-0.3, -0.25) is 10.1 Å². The van der Waals surface area contributed by atoms with Crippen LogP contribution < -0.4 is 5.32 Å². The van der Waals surface area contributed by atoms with Gasteiger partial charge in [0.25, 0.3) is 5.69 Å². The second-order valence-electron chi connectivity index (χ2n) is 5.80. The third-order valence-corrected chi connectivity index (χ3v) is 3.77. The van der Waals surface area contributed by atoms with E-state index < -0.39 is 10.9 Å². The molecule has 0 amide bonds. The maximum atomic E-state index is 11.1. The first kappa shape index (κ1) is 18.4. The molecule has 2 N–H and O–H groups in total. The maximum Gasteiger partial charge on any atom is 0.335 e. The largest absolute Gasteiger partial charge is 0.478 e. The normalized spacial score (nSPS) is 10.6. The molecule has 0 saturated heterocycles. The molecule has 2 aromatic rings. The summed E-state index contributed by atoms with van der Waals surface area (Å²) < 4.78 is 0. The standard InChI is InChI=1S/C18H21N3O4/c1-20(13-14-6-3-2-4-7-14)11-5-10-19-16-12-15(18(22)23)8-9-17(16)21(24)25/h2-4,6-9,12,19H,5,10-11,13H2,1H3,(H,22,23). The number of carboxylic acid groups (broad SMARTS) is 1. The minimum atomic E-state index is -1.11. The number of nitrogens with zero attached hydrogens (tertiary/aromatic N) is 2. The molecule has 0 spiro atoms. The number of carbonyl (C=O) groups is 1. The van der Waals surface area contributed by atoms with E-state index in [0.717, 1.165) is 19.5 Å². The molecule has 0 bridgehead atoms. The highest BCUT2D eigenvalue weighted by Gasteiger charge is 2.16. The summed E-state index contributed by atoms with van der Waals surface area (Å²) in [6, 6.07) is 13.9. The van der Waals surface area contributed by atoms with Gasteiger partial charge >= 0.3 is 5.97 Å². The molecule has 0 atom stereocenters. The van der Waals surface area contributed by atoms with E-state index in [0.29, 0.717) is 6.54 Å². The number of carboxylic acids is 1. The quantitative estimate of drug-likeness (QED) is 0.412. The van der Waals surface area contributed by atoms with E-state index >= 15 is 0 Å². The Kier molecular flexibility index (Phi) is 6.47. The second-order valence-corrected chi connectivity index (χ2v) is 5.80. The van der Waals surface area contributed by atoms with Gasteiger partial charge in [0.1, 0.15) is 5.69 Å². The summed E-state index contributed by atoms with van der Waals surface area (Å²) in [5.74, 6) is -1.11. The predicted molar refractivity (Wildman–Crippen MR) is 95.9 cm³/mol. The molecule has 2 aromatic carbocycles. The van der Waals surface area contributed by atoms with Crippen molar-refractivity contribution in [1.82, 2.24) is 4.90 Å². The Bertz CT molecular complexity index is 734. The molecular formula is C18H21N3O4. The lowest BCUT2D eigenvalue weighted by Gasteiger charge is -2.17. The van der Waals surface area contributed by atoms with Gasteiger partial charge in [-0.05, 0) is 37.7 Å². The monoisotopic (exact) mass is 343 g/mol. The number of rotatable bonds is 9. The zero-order valence-corrected chi connectivity index (χ0v) is 14.0. The Morgan fingerprint density at radius 2 is 1.96 bits per heavy atom. The Labute approximate surface area is 146 Å². The summed E-state index contributed by atoms with van der Waals surface area (Å²) in [5.41, 5.74) is 1.36. The summed E-state index contributed by atoms with van der Waals surface area (Å²) in [5, 5.41) is 23.1.